The van der Waals surface area contributed by atoms with Crippen molar-refractivity contribution in [2.45, 2.75) is 12.2 Å². The van der Waals surface area contributed by atoms with Crippen LogP contribution < -0.4 is 21.1 Å². The number of carbonyl (C=O) groups is 2. The molecule has 4 rings (SSSR count). The number of nitrogens with two attached hydrogens (primary N) is 1. The molecule has 0 fully saturated rings. The highest BCUT2D eigenvalue weighted by Gasteiger charge is 2.38. The van der Waals surface area contributed by atoms with E-state index in [2.05, 4.69) is 15.6 Å². The molecule has 4 N–H and O–H groups in total. The molecule has 1 heterocycles. The first-order valence-corrected chi connectivity index (χ1v) is 12.5. The maximum Gasteiger partial charge on any atom is 0.260 e. The molecule has 10 heteroatoms. The first-order valence-electron chi connectivity index (χ1n) is 11.2. The summed E-state index contributed by atoms with van der Waals surface area (Å²) in [5, 5.41) is 14.8. The lowest BCUT2D eigenvalue weighted by Crippen LogP contribution is -2.29. The average molecular weight is 532 g/mol. The van der Waals surface area contributed by atoms with Crippen LogP contribution in [0.1, 0.15) is 12.5 Å². The number of para-hydroxylation sites is 1. The fourth-order valence-electron chi connectivity index (χ4n) is 3.51. The van der Waals surface area contributed by atoms with Gasteiger partial charge in [-0.05, 0) is 67.6 Å². The molecule has 1 aliphatic heterocycles. The maximum absolute atomic E-state index is 13.3. The van der Waals surface area contributed by atoms with Crippen LogP contribution in [0, 0.1) is 11.3 Å². The van der Waals surface area contributed by atoms with Gasteiger partial charge in [0.25, 0.3) is 5.91 Å². The predicted octanol–water partition coefficient (Wildman–Crippen LogP) is 5.25. The summed E-state index contributed by atoms with van der Waals surface area (Å²) in [5.74, 6) is -0.293. The van der Waals surface area contributed by atoms with Crippen LogP contribution in [0.25, 0.3) is 0 Å². The molecule has 37 heavy (non-hydrogen) atoms. The molecule has 0 saturated carbocycles. The molecule has 186 valence electrons. The van der Waals surface area contributed by atoms with Crippen LogP contribution in [0.2, 0.25) is 5.02 Å². The monoisotopic (exact) mass is 531 g/mol. The fraction of sp³-hybridized carbons (Fsp3) is 0.111. The van der Waals surface area contributed by atoms with Gasteiger partial charge in [-0.15, -0.1) is 0 Å². The lowest BCUT2D eigenvalue weighted by molar-refractivity contribution is -0.115. The standard InChI is InChI=1S/C27H22ClN5O3S/c1-2-36-20-13-11-19(12-14-20)32-27-22(25(34)31-18-9-7-17(28)8-10-18)23(30)24(37-27)26(35)33-21-6-4-3-5-16(21)15-29/h3-14,24H,2,30H2,1H3,(H,31,34)(H,33,35)/t24-/m1/s1. The molecule has 0 saturated heterocycles. The van der Waals surface area contributed by atoms with Crippen LogP contribution in [0.3, 0.4) is 0 Å². The molecule has 2 amide bonds. The Morgan fingerprint density at radius 3 is 2.46 bits per heavy atom. The number of nitrogens with one attached hydrogen (secondary N) is 2. The SMILES string of the molecule is CCOc1ccc(N=C2S[C@@H](C(=O)Nc3ccccc3C#N)C(N)=C2C(=O)Nc2ccc(Cl)cc2)cc1. The number of carbonyl (C=O) groups excluding carboxylic acids is 2. The van der Waals surface area contributed by atoms with Crippen LogP contribution in [0.15, 0.2) is 89.1 Å². The minimum atomic E-state index is -0.931. The molecule has 0 aromatic heterocycles. The van der Waals surface area contributed by atoms with Crippen LogP contribution in [0.5, 0.6) is 5.75 Å². The van der Waals surface area contributed by atoms with Crippen LogP contribution in [-0.4, -0.2) is 28.7 Å². The van der Waals surface area contributed by atoms with Crippen LogP contribution >= 0.6 is 23.4 Å². The highest BCUT2D eigenvalue weighted by molar-refractivity contribution is 8.16. The summed E-state index contributed by atoms with van der Waals surface area (Å²) in [4.78, 5) is 31.1. The molecule has 0 radical (unpaired) electrons. The highest BCUT2D eigenvalue weighted by atomic mass is 35.5. The predicted molar refractivity (Wildman–Crippen MR) is 147 cm³/mol. The summed E-state index contributed by atoms with van der Waals surface area (Å²) in [5.41, 5.74) is 8.28. The van der Waals surface area contributed by atoms with Gasteiger partial charge in [-0.25, -0.2) is 4.99 Å². The lowest BCUT2D eigenvalue weighted by Gasteiger charge is -2.12. The Hall–Kier alpha value is -4.26. The van der Waals surface area contributed by atoms with Gasteiger partial charge in [0.1, 0.15) is 22.1 Å². The molecular weight excluding hydrogens is 510 g/mol. The van der Waals surface area contributed by atoms with Gasteiger partial charge >= 0.3 is 0 Å². The fourth-order valence-corrected chi connectivity index (χ4v) is 4.76. The molecule has 3 aromatic carbocycles. The number of amides is 2. The van der Waals surface area contributed by atoms with Gasteiger partial charge in [-0.3, -0.25) is 9.59 Å². The van der Waals surface area contributed by atoms with Crippen molar-refractivity contribution in [2.24, 2.45) is 10.7 Å². The third kappa shape index (κ3) is 6.12. The van der Waals surface area contributed by atoms with E-state index in [0.29, 0.717) is 45.0 Å². The molecule has 1 aliphatic rings. The number of halogens is 1. The number of nitrogens with zero attached hydrogens (tertiary/aromatic N) is 2. The van der Waals surface area contributed by atoms with E-state index in [1.165, 1.54) is 0 Å². The van der Waals surface area contributed by atoms with Crippen LogP contribution in [0.4, 0.5) is 17.1 Å². The number of anilines is 2. The Labute approximate surface area is 223 Å². The molecule has 3 aromatic rings. The minimum absolute atomic E-state index is 0.0630. The zero-order valence-electron chi connectivity index (χ0n) is 19.7. The van der Waals surface area contributed by atoms with Crippen molar-refractivity contribution in [2.75, 3.05) is 17.2 Å². The van der Waals surface area contributed by atoms with Crippen molar-refractivity contribution in [3.05, 3.63) is 94.7 Å². The number of aliphatic imine (C=N–C) groups is 1. The van der Waals surface area contributed by atoms with E-state index in [-0.39, 0.29) is 11.3 Å². The Bertz CT molecular complexity index is 1430. The second-order valence-electron chi connectivity index (χ2n) is 7.78. The Morgan fingerprint density at radius 1 is 1.08 bits per heavy atom. The summed E-state index contributed by atoms with van der Waals surface area (Å²) in [6.07, 6.45) is 0. The number of benzene rings is 3. The Kier molecular flexibility index (Phi) is 8.13. The van der Waals surface area contributed by atoms with Gasteiger partial charge in [-0.1, -0.05) is 35.5 Å². The van der Waals surface area contributed by atoms with Crippen molar-refractivity contribution < 1.29 is 14.3 Å². The quantitative estimate of drug-likeness (QED) is 0.382. The zero-order chi connectivity index (χ0) is 26.4. The van der Waals surface area contributed by atoms with Gasteiger partial charge in [-0.2, -0.15) is 5.26 Å². The number of nitriles is 1. The van der Waals surface area contributed by atoms with Gasteiger partial charge in [0.05, 0.1) is 29.1 Å². The molecular formula is C27H22ClN5O3S. The molecule has 1 atom stereocenters. The van der Waals surface area contributed by atoms with E-state index in [9.17, 15) is 14.9 Å². The maximum atomic E-state index is 13.3. The van der Waals surface area contributed by atoms with E-state index in [0.717, 1.165) is 11.8 Å². The summed E-state index contributed by atoms with van der Waals surface area (Å²) in [6, 6.07) is 22.3. The van der Waals surface area contributed by atoms with Gasteiger partial charge in [0.15, 0.2) is 0 Å². The first-order chi connectivity index (χ1) is 17.9. The Balaban J connectivity index is 1.66. The average Bonchev–Trinajstić information content (AvgIpc) is 3.22. The third-order valence-corrected chi connectivity index (χ3v) is 6.74. The minimum Gasteiger partial charge on any atom is -0.494 e. The van der Waals surface area contributed by atoms with E-state index in [1.807, 2.05) is 13.0 Å². The van der Waals surface area contributed by atoms with Crippen LogP contribution in [-0.2, 0) is 9.59 Å². The molecule has 0 bridgehead atoms. The molecule has 0 spiro atoms. The van der Waals surface area contributed by atoms with E-state index in [1.54, 1.807) is 72.8 Å². The second-order valence-corrected chi connectivity index (χ2v) is 9.31. The summed E-state index contributed by atoms with van der Waals surface area (Å²) >= 11 is 7.01. The molecule has 0 unspecified atom stereocenters. The van der Waals surface area contributed by atoms with E-state index < -0.39 is 17.1 Å². The van der Waals surface area contributed by atoms with E-state index in [4.69, 9.17) is 22.1 Å². The molecule has 8 nitrogen and oxygen atoms in total. The summed E-state index contributed by atoms with van der Waals surface area (Å²) < 4.78 is 5.47. The first kappa shape index (κ1) is 25.8. The topological polar surface area (TPSA) is 130 Å². The van der Waals surface area contributed by atoms with E-state index >= 15 is 0 Å². The normalized spacial score (nSPS) is 15.8. The van der Waals surface area contributed by atoms with Crippen molar-refractivity contribution in [3.63, 3.8) is 0 Å². The number of thioether (sulfide) groups is 1. The smallest absolute Gasteiger partial charge is 0.260 e. The number of ether oxygens (including phenoxy) is 1. The zero-order valence-corrected chi connectivity index (χ0v) is 21.3. The van der Waals surface area contributed by atoms with Gasteiger partial charge < -0.3 is 21.1 Å². The number of rotatable bonds is 7. The van der Waals surface area contributed by atoms with Crippen molar-refractivity contribution >= 4 is 57.3 Å². The number of hydrogen-bond donors (Lipinski definition) is 3. The highest BCUT2D eigenvalue weighted by Crippen LogP contribution is 2.36. The Morgan fingerprint density at radius 2 is 1.78 bits per heavy atom. The summed E-state index contributed by atoms with van der Waals surface area (Å²) in [7, 11) is 0. The van der Waals surface area contributed by atoms with Gasteiger partial charge in [0.2, 0.25) is 5.91 Å². The second kappa shape index (κ2) is 11.6. The largest absolute Gasteiger partial charge is 0.494 e. The lowest BCUT2D eigenvalue weighted by atomic mass is 10.1. The molecule has 0 aliphatic carbocycles. The number of hydrogen-bond acceptors (Lipinski definition) is 7. The third-order valence-electron chi connectivity index (χ3n) is 5.27. The van der Waals surface area contributed by atoms with Crippen molar-refractivity contribution in [1.82, 2.24) is 0 Å². The van der Waals surface area contributed by atoms with Crippen molar-refractivity contribution in [1.29, 1.82) is 5.26 Å². The van der Waals surface area contributed by atoms with Gasteiger partial charge in [0, 0.05) is 16.4 Å². The summed E-state index contributed by atoms with van der Waals surface area (Å²) in [6.45, 7) is 2.42. The van der Waals surface area contributed by atoms with Crippen molar-refractivity contribution in [3.8, 4) is 11.8 Å².